The highest BCUT2D eigenvalue weighted by Gasteiger charge is 2.34. The topological polar surface area (TPSA) is 179 Å². The monoisotopic (exact) mass is 565 g/mol. The third kappa shape index (κ3) is 4.92. The van der Waals surface area contributed by atoms with Crippen molar-refractivity contribution in [2.75, 3.05) is 9.44 Å². The fraction of sp³-hybridized carbons (Fsp3) is 0.0385. The van der Waals surface area contributed by atoms with Crippen LogP contribution in [0.15, 0.2) is 99.9 Å². The van der Waals surface area contributed by atoms with Crippen LogP contribution in [0.4, 0.5) is 11.4 Å². The fourth-order valence-electron chi connectivity index (χ4n) is 4.27. The normalized spacial score (nSPS) is 13.3. The number of carbonyl (C=O) groups is 1. The van der Waals surface area contributed by atoms with Crippen molar-refractivity contribution in [1.29, 1.82) is 0 Å². The van der Waals surface area contributed by atoms with Crippen LogP contribution in [0.3, 0.4) is 0 Å². The molecule has 4 N–H and O–H groups in total. The number of phenols is 2. The molecule has 0 amide bonds. The summed E-state index contributed by atoms with van der Waals surface area (Å²) in [5.74, 6) is -1.00. The molecule has 0 unspecified atom stereocenters. The van der Waals surface area contributed by atoms with Gasteiger partial charge in [-0.25, -0.2) is 16.8 Å². The molecule has 11 nitrogen and oxygen atoms in total. The SMILES string of the molecule is O=NC1c2ccc(S(=O)(=O)Nc3cccc(O)c3)cc2C(=O)c2cc(S(=O)(=O)Nc3cccc(O)c3)ccc21. The van der Waals surface area contributed by atoms with Crippen LogP contribution in [0, 0.1) is 4.91 Å². The number of ketones is 1. The smallest absolute Gasteiger partial charge is 0.261 e. The molecule has 0 bridgehead atoms. The molecule has 4 aromatic carbocycles. The maximum atomic E-state index is 13.5. The van der Waals surface area contributed by atoms with Gasteiger partial charge in [-0.15, -0.1) is 4.91 Å². The zero-order valence-corrected chi connectivity index (χ0v) is 21.4. The van der Waals surface area contributed by atoms with Crippen molar-refractivity contribution >= 4 is 37.2 Å². The van der Waals surface area contributed by atoms with Crippen LogP contribution in [0.1, 0.15) is 33.1 Å². The van der Waals surface area contributed by atoms with Crippen LogP contribution in [0.2, 0.25) is 0 Å². The average molecular weight is 566 g/mol. The number of anilines is 2. The number of fused-ring (bicyclic) bond motifs is 2. The van der Waals surface area contributed by atoms with Gasteiger partial charge in [0.25, 0.3) is 20.0 Å². The van der Waals surface area contributed by atoms with Crippen molar-refractivity contribution in [3.8, 4) is 11.5 Å². The summed E-state index contributed by atoms with van der Waals surface area (Å²) >= 11 is 0. The molecule has 0 radical (unpaired) electrons. The lowest BCUT2D eigenvalue weighted by Crippen LogP contribution is -2.22. The van der Waals surface area contributed by atoms with Crippen molar-refractivity contribution in [2.24, 2.45) is 5.18 Å². The second-order valence-corrected chi connectivity index (χ2v) is 12.0. The second kappa shape index (κ2) is 9.53. The predicted molar refractivity (Wildman–Crippen MR) is 142 cm³/mol. The molecule has 198 valence electrons. The molecule has 0 saturated heterocycles. The van der Waals surface area contributed by atoms with Crippen molar-refractivity contribution in [2.45, 2.75) is 15.8 Å². The average Bonchev–Trinajstić information content (AvgIpc) is 2.88. The van der Waals surface area contributed by atoms with Crippen LogP contribution in [0.25, 0.3) is 0 Å². The quantitative estimate of drug-likeness (QED) is 0.242. The van der Waals surface area contributed by atoms with Gasteiger partial charge < -0.3 is 10.2 Å². The first kappa shape index (κ1) is 25.9. The van der Waals surface area contributed by atoms with Crippen LogP contribution >= 0.6 is 0 Å². The van der Waals surface area contributed by atoms with Gasteiger partial charge in [0.05, 0.1) is 21.2 Å². The summed E-state index contributed by atoms with van der Waals surface area (Å²) in [4.78, 5) is 24.7. The summed E-state index contributed by atoms with van der Waals surface area (Å²) in [7, 11) is -8.41. The Morgan fingerprint density at radius 3 is 1.46 bits per heavy atom. The molecule has 4 aromatic rings. The zero-order valence-electron chi connectivity index (χ0n) is 19.8. The second-order valence-electron chi connectivity index (χ2n) is 8.65. The van der Waals surface area contributed by atoms with E-state index >= 15 is 0 Å². The maximum Gasteiger partial charge on any atom is 0.261 e. The van der Waals surface area contributed by atoms with E-state index in [-0.39, 0.29) is 54.9 Å². The number of benzene rings is 4. The highest BCUT2D eigenvalue weighted by Crippen LogP contribution is 2.39. The number of rotatable bonds is 7. The van der Waals surface area contributed by atoms with Gasteiger partial charge in [-0.2, -0.15) is 0 Å². The first-order valence-electron chi connectivity index (χ1n) is 11.3. The summed E-state index contributed by atoms with van der Waals surface area (Å²) in [6, 6.07) is 17.0. The van der Waals surface area contributed by atoms with E-state index in [2.05, 4.69) is 14.6 Å². The summed E-state index contributed by atoms with van der Waals surface area (Å²) < 4.78 is 56.6. The predicted octanol–water partition coefficient (Wildman–Crippen LogP) is 4.10. The van der Waals surface area contributed by atoms with Crippen molar-refractivity contribution in [1.82, 2.24) is 0 Å². The van der Waals surface area contributed by atoms with Gasteiger partial charge in [-0.05, 0) is 59.7 Å². The highest BCUT2D eigenvalue weighted by molar-refractivity contribution is 7.93. The lowest BCUT2D eigenvalue weighted by molar-refractivity contribution is 0.103. The molecular weight excluding hydrogens is 546 g/mol. The third-order valence-electron chi connectivity index (χ3n) is 6.05. The van der Waals surface area contributed by atoms with Crippen molar-refractivity contribution in [3.05, 3.63) is 112 Å². The number of nitrogens with one attached hydrogen (secondary N) is 2. The minimum atomic E-state index is -4.21. The van der Waals surface area contributed by atoms with E-state index in [1.165, 1.54) is 72.8 Å². The molecule has 0 heterocycles. The van der Waals surface area contributed by atoms with Crippen LogP contribution in [-0.2, 0) is 20.0 Å². The van der Waals surface area contributed by atoms with Gasteiger partial charge in [0.2, 0.25) is 0 Å². The molecule has 0 aliphatic heterocycles. The third-order valence-corrected chi connectivity index (χ3v) is 8.81. The summed E-state index contributed by atoms with van der Waals surface area (Å²) in [6.07, 6.45) is 0. The summed E-state index contributed by atoms with van der Waals surface area (Å²) in [6.45, 7) is 0. The van der Waals surface area contributed by atoms with Crippen molar-refractivity contribution in [3.63, 3.8) is 0 Å². The number of carbonyl (C=O) groups excluding carboxylic acids is 1. The van der Waals surface area contributed by atoms with Gasteiger partial charge in [0.15, 0.2) is 5.78 Å². The Bertz CT molecular complexity index is 1740. The first-order chi connectivity index (χ1) is 18.5. The summed E-state index contributed by atoms with van der Waals surface area (Å²) in [5, 5.41) is 22.4. The largest absolute Gasteiger partial charge is 0.508 e. The van der Waals surface area contributed by atoms with Crippen LogP contribution < -0.4 is 9.44 Å². The Balaban J connectivity index is 1.53. The molecule has 0 atom stereocenters. The minimum absolute atomic E-state index is 0.0888. The van der Waals surface area contributed by atoms with Gasteiger partial charge in [-0.1, -0.05) is 29.4 Å². The summed E-state index contributed by atoms with van der Waals surface area (Å²) in [5.41, 5.74) is 0.277. The number of phenolic OH excluding ortho intramolecular Hbond substituents is 2. The molecule has 1 aliphatic carbocycles. The molecule has 0 spiro atoms. The number of sulfonamides is 2. The molecule has 39 heavy (non-hydrogen) atoms. The fourth-order valence-corrected chi connectivity index (χ4v) is 6.42. The molecule has 0 fully saturated rings. The van der Waals surface area contributed by atoms with E-state index < -0.39 is 31.9 Å². The Morgan fingerprint density at radius 1 is 0.641 bits per heavy atom. The molecule has 0 saturated carbocycles. The van der Waals surface area contributed by atoms with E-state index in [0.717, 1.165) is 12.1 Å². The number of nitroso groups, excluding NO2 is 1. The molecular formula is C26H19N3O8S2. The van der Waals surface area contributed by atoms with E-state index in [9.17, 15) is 36.8 Å². The maximum absolute atomic E-state index is 13.5. The van der Waals surface area contributed by atoms with E-state index in [1.54, 1.807) is 0 Å². The van der Waals surface area contributed by atoms with E-state index in [0.29, 0.717) is 0 Å². The van der Waals surface area contributed by atoms with E-state index in [4.69, 9.17) is 0 Å². The molecule has 13 heteroatoms. The Labute approximate surface area is 222 Å². The standard InChI is InChI=1S/C26H19N3O8S2/c30-17-5-1-3-15(11-17)28-38(34,35)19-7-9-21-23(13-19)26(32)24-14-20(8-10-22(24)25(21)27-33)39(36,37)29-16-4-2-6-18(31)12-16/h1-14,25,28-31H. The zero-order chi connectivity index (χ0) is 27.9. The van der Waals surface area contributed by atoms with Gasteiger partial charge >= 0.3 is 0 Å². The van der Waals surface area contributed by atoms with Crippen LogP contribution in [-0.4, -0.2) is 32.8 Å². The van der Waals surface area contributed by atoms with Crippen molar-refractivity contribution < 1.29 is 31.8 Å². The highest BCUT2D eigenvalue weighted by atomic mass is 32.2. The number of hydrogen-bond acceptors (Lipinski definition) is 9. The van der Waals surface area contributed by atoms with Gasteiger partial charge in [0, 0.05) is 23.3 Å². The van der Waals surface area contributed by atoms with E-state index in [1.807, 2.05) is 0 Å². The molecule has 1 aliphatic rings. The number of aromatic hydroxyl groups is 2. The minimum Gasteiger partial charge on any atom is -0.508 e. The first-order valence-corrected chi connectivity index (χ1v) is 14.2. The Morgan fingerprint density at radius 2 is 1.08 bits per heavy atom. The Kier molecular flexibility index (Phi) is 6.32. The van der Waals surface area contributed by atoms with Gasteiger partial charge in [-0.3, -0.25) is 14.2 Å². The lowest BCUT2D eigenvalue weighted by atomic mass is 9.82. The van der Waals surface area contributed by atoms with Crippen LogP contribution in [0.5, 0.6) is 11.5 Å². The van der Waals surface area contributed by atoms with Gasteiger partial charge in [0.1, 0.15) is 17.5 Å². The molecule has 0 aromatic heterocycles. The number of nitrogens with zero attached hydrogens (tertiary/aromatic N) is 1. The molecule has 5 rings (SSSR count). The lowest BCUT2D eigenvalue weighted by Gasteiger charge is -2.24. The number of hydrogen-bond donors (Lipinski definition) is 4. The Hall–Kier alpha value is -4.75.